The molecule has 4 saturated heterocycles. The molecule has 8 aromatic heterocycles. The highest BCUT2D eigenvalue weighted by Gasteiger charge is 2.33. The van der Waals surface area contributed by atoms with Gasteiger partial charge in [0, 0.05) is 173 Å². The van der Waals surface area contributed by atoms with Crippen molar-refractivity contribution < 1.29 is 42.9 Å². The van der Waals surface area contributed by atoms with E-state index in [0.29, 0.717) is 117 Å². The average Bonchev–Trinajstić information content (AvgIpc) is 1.52. The molecule has 764 valence electrons. The molecule has 8 N–H and O–H groups in total. The number of aromatic nitrogens is 15. The quantitative estimate of drug-likeness (QED) is 0.0202. The van der Waals surface area contributed by atoms with Crippen LogP contribution in [0.1, 0.15) is 34.7 Å². The molecule has 20 rings (SSSR count). The molecule has 4 aliphatic heterocycles. The first-order valence-corrected chi connectivity index (χ1v) is 49.2. The van der Waals surface area contributed by atoms with Crippen LogP contribution in [0.25, 0.3) is 88.0 Å². The number of hydrogen-bond acceptors (Lipinski definition) is 32. The maximum atomic E-state index is 13.5. The lowest BCUT2D eigenvalue weighted by Gasteiger charge is -2.45. The monoisotopic (exact) mass is 2020 g/mol. The highest BCUT2D eigenvalue weighted by atomic mass is 32.1. The number of amides is 5. The van der Waals surface area contributed by atoms with Gasteiger partial charge in [0.25, 0.3) is 5.91 Å². The van der Waals surface area contributed by atoms with Crippen molar-refractivity contribution in [1.29, 1.82) is 0 Å². The number of ether oxygens (including phenoxy) is 4. The van der Waals surface area contributed by atoms with Crippen molar-refractivity contribution in [1.82, 2.24) is 98.7 Å². The van der Waals surface area contributed by atoms with Crippen LogP contribution in [-0.4, -0.2) is 276 Å². The zero-order valence-electron chi connectivity index (χ0n) is 85.1. The number of hydrogen-bond donors (Lipinski definition) is 8. The number of piperidine rings is 1. The van der Waals surface area contributed by atoms with E-state index in [4.69, 9.17) is 18.9 Å². The minimum absolute atomic E-state index is 0.178. The van der Waals surface area contributed by atoms with Gasteiger partial charge in [0.1, 0.15) is 71.6 Å². The molecule has 4 fully saturated rings. The second-order valence-electron chi connectivity index (χ2n) is 36.5. The molecule has 149 heavy (non-hydrogen) atoms. The van der Waals surface area contributed by atoms with E-state index in [0.717, 1.165) is 195 Å². The molecule has 12 heterocycles. The van der Waals surface area contributed by atoms with Gasteiger partial charge in [-0.05, 0) is 182 Å². The molecule has 4 aliphatic rings. The van der Waals surface area contributed by atoms with Crippen LogP contribution in [0.15, 0.2) is 246 Å². The zero-order valence-corrected chi connectivity index (χ0v) is 85.9. The van der Waals surface area contributed by atoms with Gasteiger partial charge in [0.2, 0.25) is 23.6 Å². The summed E-state index contributed by atoms with van der Waals surface area (Å²) in [6.07, 6.45) is 18.6. The van der Waals surface area contributed by atoms with Crippen molar-refractivity contribution in [2.75, 3.05) is 195 Å². The molecule has 40 heteroatoms. The number of carbonyl (C=O) groups excluding carboxylic acids is 5. The van der Waals surface area contributed by atoms with Crippen LogP contribution in [0, 0.1) is 0 Å². The number of thiazole rings is 1. The van der Waals surface area contributed by atoms with Crippen LogP contribution in [0.5, 0.6) is 23.0 Å². The van der Waals surface area contributed by atoms with Gasteiger partial charge < -0.3 is 95.8 Å². The fraction of sp³-hybridized carbons (Fsp3) is 0.257. The molecule has 0 aliphatic carbocycles. The summed E-state index contributed by atoms with van der Waals surface area (Å²) in [5.41, 5.74) is 21.0. The van der Waals surface area contributed by atoms with Gasteiger partial charge in [-0.3, -0.25) is 38.0 Å². The van der Waals surface area contributed by atoms with Crippen molar-refractivity contribution in [2.24, 2.45) is 21.1 Å². The van der Waals surface area contributed by atoms with Crippen molar-refractivity contribution >= 4 is 164 Å². The Labute approximate surface area is 865 Å². The first-order valence-electron chi connectivity index (χ1n) is 48.3. The van der Waals surface area contributed by atoms with Gasteiger partial charge in [0.05, 0.1) is 159 Å². The van der Waals surface area contributed by atoms with E-state index in [2.05, 4.69) is 205 Å². The van der Waals surface area contributed by atoms with Crippen LogP contribution in [-0.2, 0) is 40.3 Å². The third-order valence-corrected chi connectivity index (χ3v) is 27.3. The van der Waals surface area contributed by atoms with Crippen molar-refractivity contribution in [3.63, 3.8) is 0 Å². The minimum Gasteiger partial charge on any atom is -0.495 e. The molecule has 0 spiro atoms. The number of nitrogens with one attached hydrogen (secondary N) is 8. The second-order valence-corrected chi connectivity index (χ2v) is 37.3. The number of rotatable bonds is 29. The number of anilines is 14. The Balaban J connectivity index is 0.000000135. The Kier molecular flexibility index (Phi) is 32.3. The lowest BCUT2D eigenvalue weighted by Crippen LogP contribution is -2.57. The number of aryl methyl sites for hydroxylation is 3. The molecule has 39 nitrogen and oxygen atoms in total. The Morgan fingerprint density at radius 1 is 0.376 bits per heavy atom. The van der Waals surface area contributed by atoms with E-state index in [1.54, 1.807) is 49.7 Å². The third kappa shape index (κ3) is 24.4. The molecule has 0 unspecified atom stereocenters. The maximum Gasteiger partial charge on any atom is 0.256 e. The molecule has 0 radical (unpaired) electrons. The lowest BCUT2D eigenvalue weighted by atomic mass is 9.88. The minimum atomic E-state index is -0.423. The first kappa shape index (κ1) is 103. The van der Waals surface area contributed by atoms with Gasteiger partial charge in [-0.15, -0.1) is 11.3 Å². The highest BCUT2D eigenvalue weighted by Crippen LogP contribution is 2.46. The number of likely N-dealkylation sites (tertiary alicyclic amines) is 1. The van der Waals surface area contributed by atoms with Crippen LogP contribution in [0.2, 0.25) is 0 Å². The number of piperazine rings is 2. The van der Waals surface area contributed by atoms with Crippen LogP contribution < -0.4 is 71.3 Å². The first-order chi connectivity index (χ1) is 72.2. The normalized spacial score (nSPS) is 13.9. The van der Waals surface area contributed by atoms with E-state index >= 15 is 0 Å². The van der Waals surface area contributed by atoms with Crippen LogP contribution in [0.4, 0.5) is 80.1 Å². The molecule has 0 saturated carbocycles. The fourth-order valence-electron chi connectivity index (χ4n) is 18.0. The van der Waals surface area contributed by atoms with Crippen molar-refractivity contribution in [2.45, 2.75) is 24.8 Å². The Hall–Kier alpha value is -17.5. The number of fused-ring (bicyclic) bond motifs is 4. The highest BCUT2D eigenvalue weighted by molar-refractivity contribution is 7.16. The molecule has 8 aromatic carbocycles. The summed E-state index contributed by atoms with van der Waals surface area (Å²) in [6, 6.07) is 47.1. The number of likely N-dealkylation sites (N-methyl/N-ethyl adjacent to an activating group) is 3. The van der Waals surface area contributed by atoms with E-state index < -0.39 is 5.91 Å². The molecular formula is C109H118N30O9S. The van der Waals surface area contributed by atoms with Crippen LogP contribution in [0.3, 0.4) is 0 Å². The van der Waals surface area contributed by atoms with Gasteiger partial charge in [-0.25, -0.2) is 44.9 Å². The SMILES string of the molecule is C=CC(=O)Nc1cc(Nc2cc(-c3ccc4c(cnn4C)c3)ncn2)c(OC)cc1C(=O)N1CCN(C)CC1.C=CC(=O)Nc1cc(Nc2cc(-c3ccc4c(cnn4C)c3)ncn2)c(OC)cc1C1CCN(C)CC1.C=CC(=O)Nc1cc(Nc2cc(-c3ccc4c(cnn4C)c3)ncn2)c(OC)cc1N1CC(N(C)C)C1.C=CC(=O)Nc1cc(Nc2cc(-c3ccc4ncsc4c3)ncn2)c(OC)cc1N1CCN(C)CC1. The van der Waals surface area contributed by atoms with Crippen molar-refractivity contribution in [3.05, 3.63) is 257 Å². The summed E-state index contributed by atoms with van der Waals surface area (Å²) in [6.45, 7) is 24.4. The van der Waals surface area contributed by atoms with E-state index in [1.807, 2.05) is 182 Å². The largest absolute Gasteiger partial charge is 0.495 e. The van der Waals surface area contributed by atoms with Gasteiger partial charge in [-0.2, -0.15) is 15.3 Å². The van der Waals surface area contributed by atoms with Gasteiger partial charge in [0.15, 0.2) is 0 Å². The number of carbonyl (C=O) groups is 5. The summed E-state index contributed by atoms with van der Waals surface area (Å²) in [7, 11) is 22.6. The zero-order chi connectivity index (χ0) is 105. The standard InChI is InChI=1S/C28H30N8O3.C28H31N7O2.C27H30N8O2.C26H27N7O2S/c1-5-27(37)33-22-14-23(25(39-4)13-20(22)28(38)36-10-8-34(2)9-11-36)32-26-15-21(29-17-30-26)18-6-7-24-19(12-18)16-31-35(24)3;1-5-28(36)33-23-14-24(26(37-4)13-21(23)18-8-10-34(2)11-9-18)32-27-15-22(29-17-30-27)19-6-7-25-20(12-19)16-31-35(25)3;1-6-27(36)32-21-10-22(25(37-5)12-24(21)35-14-19(15-35)33(2)3)31-26-11-20(28-16-29-26)17-7-8-23-18(9-17)13-30-34(23)4;1-4-26(34)31-20-12-21(23(35-3)14-22(20)33-9-7-32(2)8-10-33)30-25-13-19(27-15-28-25)17-5-6-18-24(11-17)36-16-29-18/h5-7,12-17H,1,8-11H2,2-4H3,(H,33,37)(H,29,30,32);5-7,12-18H,1,8-11H2,2-4H3,(H,33,36)(H,29,30,32);6-13,16,19H,1,14-15H2,2-5H3,(H,32,36)(H,28,29,31);4-6,11-16H,1,7-10H2,2-3H3,(H,31,34)(H,27,28,30). The Bertz CT molecular complexity index is 7680. The number of nitrogens with zero attached hydrogens (tertiary/aromatic N) is 22. The Morgan fingerprint density at radius 2 is 0.732 bits per heavy atom. The van der Waals surface area contributed by atoms with E-state index in [1.165, 1.54) is 50.6 Å². The van der Waals surface area contributed by atoms with E-state index in [9.17, 15) is 24.0 Å². The van der Waals surface area contributed by atoms with Crippen LogP contribution >= 0.6 is 11.3 Å². The van der Waals surface area contributed by atoms with E-state index in [-0.39, 0.29) is 23.6 Å². The third-order valence-electron chi connectivity index (χ3n) is 26.5. The topological polar surface area (TPSA) is 411 Å². The average molecular weight is 2020 g/mol. The Morgan fingerprint density at radius 3 is 1.14 bits per heavy atom. The molecule has 5 amide bonds. The summed E-state index contributed by atoms with van der Waals surface area (Å²) in [5, 5.41) is 41.0. The molecule has 16 aromatic rings. The fourth-order valence-corrected chi connectivity index (χ4v) is 18.7. The summed E-state index contributed by atoms with van der Waals surface area (Å²) in [5.74, 6) is 3.65. The maximum absolute atomic E-state index is 13.5. The van der Waals surface area contributed by atoms with Crippen molar-refractivity contribution in [3.8, 4) is 68.0 Å². The van der Waals surface area contributed by atoms with Gasteiger partial charge in [-0.1, -0.05) is 50.6 Å². The summed E-state index contributed by atoms with van der Waals surface area (Å²) in [4.78, 5) is 117. The second kappa shape index (κ2) is 46.7. The lowest BCUT2D eigenvalue weighted by molar-refractivity contribution is -0.112. The molecule has 0 atom stereocenters. The molecule has 0 bridgehead atoms. The molecular weight excluding hydrogens is 1910 g/mol. The predicted molar refractivity (Wildman–Crippen MR) is 589 cm³/mol. The summed E-state index contributed by atoms with van der Waals surface area (Å²) >= 11 is 1.59. The number of benzene rings is 8. The summed E-state index contributed by atoms with van der Waals surface area (Å²) < 4.78 is 29.5. The number of methoxy groups -OCH3 is 4. The van der Waals surface area contributed by atoms with Gasteiger partial charge >= 0.3 is 0 Å². The smallest absolute Gasteiger partial charge is 0.256 e. The predicted octanol–water partition coefficient (Wildman–Crippen LogP) is 16.0.